The number of fused-ring (bicyclic) bond motifs is 1. The molecule has 1 atom stereocenters. The summed E-state index contributed by atoms with van der Waals surface area (Å²) in [6.07, 6.45) is 3.52. The van der Waals surface area contributed by atoms with E-state index in [4.69, 9.17) is 0 Å². The predicted octanol–water partition coefficient (Wildman–Crippen LogP) is 3.38. The van der Waals surface area contributed by atoms with Crippen molar-refractivity contribution in [2.75, 3.05) is 11.9 Å². The molecule has 1 unspecified atom stereocenters. The van der Waals surface area contributed by atoms with E-state index in [-0.39, 0.29) is 0 Å². The van der Waals surface area contributed by atoms with Gasteiger partial charge in [0.15, 0.2) is 0 Å². The zero-order valence-corrected chi connectivity index (χ0v) is 11.6. The first-order valence-corrected chi connectivity index (χ1v) is 6.97. The minimum Gasteiger partial charge on any atom is -0.356 e. The van der Waals surface area contributed by atoms with Crippen LogP contribution < -0.4 is 4.90 Å². The molecular formula is C17H20N2. The molecule has 2 nitrogen and oxygen atoms in total. The Kier molecular flexibility index (Phi) is 3.24. The summed E-state index contributed by atoms with van der Waals surface area (Å²) >= 11 is 0. The quantitative estimate of drug-likeness (QED) is 0.814. The number of benzene rings is 1. The second-order valence-electron chi connectivity index (χ2n) is 5.41. The topological polar surface area (TPSA) is 16.1 Å². The van der Waals surface area contributed by atoms with Crippen LogP contribution >= 0.6 is 0 Å². The maximum absolute atomic E-state index is 4.63. The number of nitrogens with zero attached hydrogens (tertiary/aromatic N) is 2. The second-order valence-corrected chi connectivity index (χ2v) is 5.41. The summed E-state index contributed by atoms with van der Waals surface area (Å²) in [7, 11) is 2.17. The van der Waals surface area contributed by atoms with E-state index in [9.17, 15) is 0 Å². The maximum atomic E-state index is 4.63. The van der Waals surface area contributed by atoms with E-state index in [1.54, 1.807) is 0 Å². The Labute approximate surface area is 115 Å². The average Bonchev–Trinajstić information content (AvgIpc) is 2.46. The molecule has 0 fully saturated rings. The Morgan fingerprint density at radius 2 is 1.84 bits per heavy atom. The van der Waals surface area contributed by atoms with E-state index in [1.807, 2.05) is 13.0 Å². The molecule has 19 heavy (non-hydrogen) atoms. The van der Waals surface area contributed by atoms with Gasteiger partial charge in [-0.1, -0.05) is 30.3 Å². The molecule has 2 aromatic rings. The van der Waals surface area contributed by atoms with Crippen LogP contribution in [0.1, 0.15) is 23.2 Å². The standard InChI is InChI=1S/C17H20N2/c1-13-6-5-9-17(18-13)19(2)16-11-10-14-7-3-4-8-15(14)12-16/h3-9,16H,10-12H2,1-2H3. The van der Waals surface area contributed by atoms with Gasteiger partial charge in [0.2, 0.25) is 0 Å². The van der Waals surface area contributed by atoms with Crippen LogP contribution in [0.2, 0.25) is 0 Å². The molecular weight excluding hydrogens is 232 g/mol. The zero-order chi connectivity index (χ0) is 13.2. The van der Waals surface area contributed by atoms with Gasteiger partial charge in [0, 0.05) is 18.8 Å². The van der Waals surface area contributed by atoms with Crippen molar-refractivity contribution in [3.8, 4) is 0 Å². The first-order valence-electron chi connectivity index (χ1n) is 6.97. The van der Waals surface area contributed by atoms with Crippen molar-refractivity contribution < 1.29 is 0 Å². The molecule has 0 bridgehead atoms. The van der Waals surface area contributed by atoms with Crippen molar-refractivity contribution in [2.45, 2.75) is 32.2 Å². The maximum Gasteiger partial charge on any atom is 0.128 e. The Hall–Kier alpha value is -1.83. The van der Waals surface area contributed by atoms with Crippen LogP contribution in [0.4, 0.5) is 5.82 Å². The number of likely N-dealkylation sites (N-methyl/N-ethyl adjacent to an activating group) is 1. The summed E-state index contributed by atoms with van der Waals surface area (Å²) in [5.41, 5.74) is 4.10. The number of pyridine rings is 1. The van der Waals surface area contributed by atoms with Crippen molar-refractivity contribution >= 4 is 5.82 Å². The Balaban J connectivity index is 1.81. The summed E-state index contributed by atoms with van der Waals surface area (Å²) in [6, 6.07) is 15.6. The fraction of sp³-hybridized carbons (Fsp3) is 0.353. The molecule has 3 rings (SSSR count). The van der Waals surface area contributed by atoms with Gasteiger partial charge in [0.1, 0.15) is 5.82 Å². The smallest absolute Gasteiger partial charge is 0.128 e. The van der Waals surface area contributed by atoms with E-state index in [2.05, 4.69) is 53.3 Å². The van der Waals surface area contributed by atoms with Gasteiger partial charge in [-0.05, 0) is 49.4 Å². The molecule has 0 amide bonds. The highest BCUT2D eigenvalue weighted by Crippen LogP contribution is 2.26. The highest BCUT2D eigenvalue weighted by atomic mass is 15.2. The summed E-state index contributed by atoms with van der Waals surface area (Å²) < 4.78 is 0. The molecule has 0 saturated carbocycles. The van der Waals surface area contributed by atoms with Crippen molar-refractivity contribution in [3.05, 3.63) is 59.3 Å². The third-order valence-corrected chi connectivity index (χ3v) is 4.10. The van der Waals surface area contributed by atoms with Crippen LogP contribution in [0.5, 0.6) is 0 Å². The number of hydrogen-bond donors (Lipinski definition) is 0. The minimum atomic E-state index is 0.559. The zero-order valence-electron chi connectivity index (χ0n) is 11.6. The highest BCUT2D eigenvalue weighted by molar-refractivity contribution is 5.42. The van der Waals surface area contributed by atoms with Crippen LogP contribution in [-0.2, 0) is 12.8 Å². The monoisotopic (exact) mass is 252 g/mol. The van der Waals surface area contributed by atoms with E-state index in [1.165, 1.54) is 24.0 Å². The Morgan fingerprint density at radius 3 is 2.63 bits per heavy atom. The molecule has 1 aliphatic rings. The molecule has 0 saturated heterocycles. The third kappa shape index (κ3) is 2.48. The number of aryl methyl sites for hydroxylation is 2. The number of anilines is 1. The minimum absolute atomic E-state index is 0.559. The molecule has 0 spiro atoms. The molecule has 0 radical (unpaired) electrons. The molecule has 1 aromatic heterocycles. The summed E-state index contributed by atoms with van der Waals surface area (Å²) in [5.74, 6) is 1.09. The first-order chi connectivity index (χ1) is 9.24. The lowest BCUT2D eigenvalue weighted by atomic mass is 9.88. The number of hydrogen-bond acceptors (Lipinski definition) is 2. The second kappa shape index (κ2) is 5.04. The van der Waals surface area contributed by atoms with E-state index in [0.717, 1.165) is 17.9 Å². The summed E-state index contributed by atoms with van der Waals surface area (Å²) in [5, 5.41) is 0. The lowest BCUT2D eigenvalue weighted by Crippen LogP contribution is -2.37. The van der Waals surface area contributed by atoms with E-state index >= 15 is 0 Å². The summed E-state index contributed by atoms with van der Waals surface area (Å²) in [6.45, 7) is 2.05. The van der Waals surface area contributed by atoms with Crippen molar-refractivity contribution in [3.63, 3.8) is 0 Å². The Morgan fingerprint density at radius 1 is 1.05 bits per heavy atom. The Bertz CT molecular complexity index is 577. The SMILES string of the molecule is Cc1cccc(N(C)C2CCc3ccccc3C2)n1. The van der Waals surface area contributed by atoms with Crippen molar-refractivity contribution in [2.24, 2.45) is 0 Å². The largest absolute Gasteiger partial charge is 0.356 e. The van der Waals surface area contributed by atoms with E-state index < -0.39 is 0 Å². The van der Waals surface area contributed by atoms with Gasteiger partial charge in [0.05, 0.1) is 0 Å². The molecule has 0 aliphatic heterocycles. The lowest BCUT2D eigenvalue weighted by molar-refractivity contribution is 0.544. The fourth-order valence-corrected chi connectivity index (χ4v) is 2.92. The van der Waals surface area contributed by atoms with Gasteiger partial charge in [-0.3, -0.25) is 0 Å². The van der Waals surface area contributed by atoms with Crippen LogP contribution in [-0.4, -0.2) is 18.1 Å². The van der Waals surface area contributed by atoms with Gasteiger partial charge in [0.25, 0.3) is 0 Å². The van der Waals surface area contributed by atoms with Crippen LogP contribution in [0, 0.1) is 6.92 Å². The number of rotatable bonds is 2. The molecule has 98 valence electrons. The van der Waals surface area contributed by atoms with Crippen molar-refractivity contribution in [1.82, 2.24) is 4.98 Å². The molecule has 1 heterocycles. The van der Waals surface area contributed by atoms with Crippen LogP contribution in [0.15, 0.2) is 42.5 Å². The van der Waals surface area contributed by atoms with Gasteiger partial charge >= 0.3 is 0 Å². The van der Waals surface area contributed by atoms with Crippen LogP contribution in [0.25, 0.3) is 0 Å². The average molecular weight is 252 g/mol. The normalized spacial score (nSPS) is 17.9. The van der Waals surface area contributed by atoms with Gasteiger partial charge in [-0.15, -0.1) is 0 Å². The lowest BCUT2D eigenvalue weighted by Gasteiger charge is -2.33. The fourth-order valence-electron chi connectivity index (χ4n) is 2.92. The molecule has 2 heteroatoms. The van der Waals surface area contributed by atoms with E-state index in [0.29, 0.717) is 6.04 Å². The van der Waals surface area contributed by atoms with Crippen molar-refractivity contribution in [1.29, 1.82) is 0 Å². The van der Waals surface area contributed by atoms with Gasteiger partial charge < -0.3 is 4.90 Å². The predicted molar refractivity (Wildman–Crippen MR) is 79.6 cm³/mol. The molecule has 1 aliphatic carbocycles. The molecule has 0 N–H and O–H groups in total. The third-order valence-electron chi connectivity index (χ3n) is 4.10. The molecule has 1 aromatic carbocycles. The highest BCUT2D eigenvalue weighted by Gasteiger charge is 2.22. The van der Waals surface area contributed by atoms with Crippen LogP contribution in [0.3, 0.4) is 0 Å². The summed E-state index contributed by atoms with van der Waals surface area (Å²) in [4.78, 5) is 6.97. The van der Waals surface area contributed by atoms with Gasteiger partial charge in [-0.25, -0.2) is 4.98 Å². The first kappa shape index (κ1) is 12.2. The number of aromatic nitrogens is 1. The van der Waals surface area contributed by atoms with Gasteiger partial charge in [-0.2, -0.15) is 0 Å².